The van der Waals surface area contributed by atoms with E-state index in [4.69, 9.17) is 14.2 Å². The number of carbonyl (C=O) groups excluding carboxylic acids is 1. The number of benzene rings is 3. The minimum atomic E-state index is -0.936. The van der Waals surface area contributed by atoms with Crippen LogP contribution in [0.5, 0.6) is 11.9 Å². The maximum atomic E-state index is 16.9. The highest BCUT2D eigenvalue weighted by Crippen LogP contribution is 2.41. The summed E-state index contributed by atoms with van der Waals surface area (Å²) in [4.78, 5) is 27.9. The van der Waals surface area contributed by atoms with Crippen molar-refractivity contribution < 1.29 is 32.2 Å². The Morgan fingerprint density at radius 2 is 1.87 bits per heavy atom. The van der Waals surface area contributed by atoms with Gasteiger partial charge in [0.15, 0.2) is 5.82 Å². The molecule has 52 heavy (non-hydrogen) atoms. The molecular weight excluding hydrogens is 671 g/mol. The minimum absolute atomic E-state index is 0.0212. The van der Waals surface area contributed by atoms with E-state index < -0.39 is 35.0 Å². The number of alkyl halides is 1. The summed E-state index contributed by atoms with van der Waals surface area (Å²) >= 11 is 0. The SMILES string of the molecule is CC(C)(C)OC(=O)NCCCc1c(F)ccc2cccc(-c3ncc4c(OCc5ccccc5)nc(OC[C@@]56CCCN5C[C@H](F)C6)nc4c3F)c12. The van der Waals surface area contributed by atoms with E-state index in [0.717, 1.165) is 24.9 Å². The smallest absolute Gasteiger partial charge is 0.407 e. The molecule has 4 heterocycles. The van der Waals surface area contributed by atoms with Gasteiger partial charge in [-0.1, -0.05) is 54.6 Å². The number of aromatic nitrogens is 3. The van der Waals surface area contributed by atoms with Crippen LogP contribution in [-0.4, -0.2) is 69.5 Å². The van der Waals surface area contributed by atoms with Crippen LogP contribution in [0.3, 0.4) is 0 Å². The summed E-state index contributed by atoms with van der Waals surface area (Å²) < 4.78 is 64.5. The zero-order valence-electron chi connectivity index (χ0n) is 29.6. The second-order valence-corrected chi connectivity index (χ2v) is 14.6. The van der Waals surface area contributed by atoms with Crippen LogP contribution in [0.1, 0.15) is 57.6 Å². The molecule has 7 rings (SSSR count). The van der Waals surface area contributed by atoms with Gasteiger partial charge in [0.25, 0.3) is 0 Å². The average molecular weight is 714 g/mol. The van der Waals surface area contributed by atoms with Gasteiger partial charge >= 0.3 is 12.1 Å². The summed E-state index contributed by atoms with van der Waals surface area (Å²) in [6.07, 6.45) is 2.74. The molecule has 2 aromatic heterocycles. The Bertz CT molecular complexity index is 2090. The van der Waals surface area contributed by atoms with Crippen LogP contribution in [0.4, 0.5) is 18.0 Å². The molecule has 0 aliphatic carbocycles. The molecule has 0 unspecified atom stereocenters. The van der Waals surface area contributed by atoms with E-state index >= 15 is 8.78 Å². The third-order valence-electron chi connectivity index (χ3n) is 9.70. The summed E-state index contributed by atoms with van der Waals surface area (Å²) in [6, 6.07) is 17.8. The summed E-state index contributed by atoms with van der Waals surface area (Å²) in [7, 11) is 0. The predicted molar refractivity (Wildman–Crippen MR) is 192 cm³/mol. The van der Waals surface area contributed by atoms with Gasteiger partial charge in [-0.05, 0) is 81.0 Å². The van der Waals surface area contributed by atoms with Crippen molar-refractivity contribution in [3.05, 3.63) is 89.6 Å². The second-order valence-electron chi connectivity index (χ2n) is 14.6. The van der Waals surface area contributed by atoms with Gasteiger partial charge in [-0.3, -0.25) is 9.88 Å². The standard InChI is InChI=1S/C40H42F3N5O4/c1-39(2,3)52-38(49)44-18-8-14-28-31(42)16-15-26-12-7-13-29(32(26)28)34-33(43)35-30(21-45-34)36(50-23-25-10-5-4-6-11-25)47-37(46-35)51-24-40-17-9-19-48(40)22-27(41)20-40/h4-7,10-13,15-16,21,27H,8-9,14,17-20,22-24H2,1-3H3,(H,44,49)/t27-,40+/m1/s1. The Balaban J connectivity index is 1.24. The van der Waals surface area contributed by atoms with Crippen LogP contribution < -0.4 is 14.8 Å². The number of rotatable bonds is 11. The van der Waals surface area contributed by atoms with Gasteiger partial charge in [-0.2, -0.15) is 9.97 Å². The molecule has 1 N–H and O–H groups in total. The average Bonchev–Trinajstić information content (AvgIpc) is 3.64. The molecule has 12 heteroatoms. The van der Waals surface area contributed by atoms with Crippen LogP contribution in [0.15, 0.2) is 66.9 Å². The summed E-state index contributed by atoms with van der Waals surface area (Å²) in [5, 5.41) is 4.17. The number of carbonyl (C=O) groups is 1. The van der Waals surface area contributed by atoms with Gasteiger partial charge in [0.2, 0.25) is 5.88 Å². The molecule has 9 nitrogen and oxygen atoms in total. The third-order valence-corrected chi connectivity index (χ3v) is 9.70. The minimum Gasteiger partial charge on any atom is -0.472 e. The Kier molecular flexibility index (Phi) is 9.93. The zero-order chi connectivity index (χ0) is 36.5. The maximum Gasteiger partial charge on any atom is 0.407 e. The Hall–Kier alpha value is -4.97. The van der Waals surface area contributed by atoms with E-state index in [1.165, 1.54) is 12.3 Å². The fraction of sp³-hybridized carbons (Fsp3) is 0.400. The molecule has 0 radical (unpaired) electrons. The van der Waals surface area contributed by atoms with Crippen LogP contribution in [0.2, 0.25) is 0 Å². The highest BCUT2D eigenvalue weighted by atomic mass is 19.1. The fourth-order valence-corrected chi connectivity index (χ4v) is 7.39. The van der Waals surface area contributed by atoms with Crippen molar-refractivity contribution in [2.45, 2.75) is 76.8 Å². The number of ether oxygens (including phenoxy) is 3. The Morgan fingerprint density at radius 1 is 1.04 bits per heavy atom. The lowest BCUT2D eigenvalue weighted by Gasteiger charge is -2.30. The second kappa shape index (κ2) is 14.6. The van der Waals surface area contributed by atoms with Crippen molar-refractivity contribution in [1.82, 2.24) is 25.2 Å². The first-order valence-corrected chi connectivity index (χ1v) is 17.7. The van der Waals surface area contributed by atoms with Crippen LogP contribution in [0, 0.1) is 11.6 Å². The molecule has 2 fully saturated rings. The van der Waals surface area contributed by atoms with Crippen molar-refractivity contribution in [3.8, 4) is 23.1 Å². The first kappa shape index (κ1) is 35.4. The summed E-state index contributed by atoms with van der Waals surface area (Å²) in [5.74, 6) is -1.09. The lowest BCUT2D eigenvalue weighted by molar-refractivity contribution is 0.0527. The lowest BCUT2D eigenvalue weighted by Crippen LogP contribution is -2.43. The van der Waals surface area contributed by atoms with Gasteiger partial charge in [0.1, 0.15) is 42.0 Å². The van der Waals surface area contributed by atoms with E-state index in [1.54, 1.807) is 39.0 Å². The van der Waals surface area contributed by atoms with Gasteiger partial charge in [0, 0.05) is 31.3 Å². The monoisotopic (exact) mass is 713 g/mol. The summed E-state index contributed by atoms with van der Waals surface area (Å²) in [6.45, 7) is 7.07. The van der Waals surface area contributed by atoms with Crippen molar-refractivity contribution in [1.29, 1.82) is 0 Å². The normalized spacial score (nSPS) is 18.8. The predicted octanol–water partition coefficient (Wildman–Crippen LogP) is 8.11. The number of nitrogens with zero attached hydrogens (tertiary/aromatic N) is 4. The van der Waals surface area contributed by atoms with Gasteiger partial charge in [0.05, 0.1) is 10.9 Å². The van der Waals surface area contributed by atoms with E-state index in [1.807, 2.05) is 36.4 Å². The number of amides is 1. The largest absolute Gasteiger partial charge is 0.472 e. The number of fused-ring (bicyclic) bond motifs is 3. The highest BCUT2D eigenvalue weighted by Gasteiger charge is 2.49. The molecule has 5 aromatic rings. The van der Waals surface area contributed by atoms with Crippen molar-refractivity contribution >= 4 is 27.8 Å². The first-order chi connectivity index (χ1) is 25.0. The fourth-order valence-electron chi connectivity index (χ4n) is 7.39. The van der Waals surface area contributed by atoms with Gasteiger partial charge < -0.3 is 19.5 Å². The first-order valence-electron chi connectivity index (χ1n) is 17.7. The molecule has 2 aliphatic heterocycles. The Morgan fingerprint density at radius 3 is 2.67 bits per heavy atom. The number of nitrogens with one attached hydrogen (secondary N) is 1. The number of hydrogen-bond donors (Lipinski definition) is 1. The van der Waals surface area contributed by atoms with Crippen LogP contribution in [0.25, 0.3) is 32.9 Å². The summed E-state index contributed by atoms with van der Waals surface area (Å²) in [5.41, 5.74) is 0.458. The van der Waals surface area contributed by atoms with E-state index in [9.17, 15) is 9.18 Å². The van der Waals surface area contributed by atoms with Gasteiger partial charge in [-0.25, -0.2) is 18.0 Å². The Labute approximate surface area is 300 Å². The maximum absolute atomic E-state index is 16.9. The number of pyridine rings is 1. The van der Waals surface area contributed by atoms with E-state index in [0.29, 0.717) is 41.3 Å². The number of hydrogen-bond acceptors (Lipinski definition) is 8. The molecule has 2 saturated heterocycles. The lowest BCUT2D eigenvalue weighted by atomic mass is 9.94. The van der Waals surface area contributed by atoms with Crippen molar-refractivity contribution in [3.63, 3.8) is 0 Å². The molecule has 2 atom stereocenters. The number of alkyl carbamates (subject to hydrolysis) is 1. The molecule has 0 bridgehead atoms. The van der Waals surface area contributed by atoms with Crippen molar-refractivity contribution in [2.75, 3.05) is 26.2 Å². The quantitative estimate of drug-likeness (QED) is 0.137. The molecular formula is C40H42F3N5O4. The molecule has 1 amide bonds. The van der Waals surface area contributed by atoms with Crippen LogP contribution >= 0.6 is 0 Å². The number of aryl methyl sites for hydroxylation is 1. The van der Waals surface area contributed by atoms with E-state index in [2.05, 4.69) is 25.2 Å². The van der Waals surface area contributed by atoms with Gasteiger partial charge in [-0.15, -0.1) is 0 Å². The topological polar surface area (TPSA) is 98.7 Å². The zero-order valence-corrected chi connectivity index (χ0v) is 29.6. The molecule has 0 saturated carbocycles. The van der Waals surface area contributed by atoms with E-state index in [-0.39, 0.29) is 54.7 Å². The third kappa shape index (κ3) is 7.48. The van der Waals surface area contributed by atoms with Crippen LogP contribution in [-0.2, 0) is 17.8 Å². The molecule has 3 aromatic carbocycles. The highest BCUT2D eigenvalue weighted by molar-refractivity contribution is 6.00. The number of halogens is 3. The molecule has 272 valence electrons. The van der Waals surface area contributed by atoms with Crippen molar-refractivity contribution in [2.24, 2.45) is 0 Å². The molecule has 0 spiro atoms. The molecule has 2 aliphatic rings.